The molecule has 28 heavy (non-hydrogen) atoms. The fourth-order valence-electron chi connectivity index (χ4n) is 2.47. The average Bonchev–Trinajstić information content (AvgIpc) is 2.69. The van der Waals surface area contributed by atoms with E-state index in [0.717, 1.165) is 17.3 Å². The first-order valence-electron chi connectivity index (χ1n) is 8.39. The van der Waals surface area contributed by atoms with E-state index in [9.17, 15) is 9.59 Å². The number of aromatic nitrogens is 2. The lowest BCUT2D eigenvalue weighted by Crippen LogP contribution is -2.22. The predicted octanol–water partition coefficient (Wildman–Crippen LogP) is 3.93. The number of nitrogens with zero attached hydrogens (tertiary/aromatic N) is 2. The highest BCUT2D eigenvalue weighted by Crippen LogP contribution is 2.26. The van der Waals surface area contributed by atoms with Crippen LogP contribution in [0.25, 0.3) is 5.69 Å². The molecule has 0 aliphatic rings. The summed E-state index contributed by atoms with van der Waals surface area (Å²) in [4.78, 5) is 29.0. The van der Waals surface area contributed by atoms with Crippen LogP contribution in [0, 0.1) is 6.92 Å². The summed E-state index contributed by atoms with van der Waals surface area (Å²) in [7, 11) is 1.52. The first kappa shape index (κ1) is 20.0. The summed E-state index contributed by atoms with van der Waals surface area (Å²) < 4.78 is 6.56. The van der Waals surface area contributed by atoms with Gasteiger partial charge in [0, 0.05) is 18.1 Å². The Labute approximate surface area is 171 Å². The van der Waals surface area contributed by atoms with Crippen LogP contribution in [0.15, 0.2) is 64.7 Å². The smallest absolute Gasteiger partial charge is 0.287 e. The van der Waals surface area contributed by atoms with E-state index in [1.54, 1.807) is 24.4 Å². The highest BCUT2D eigenvalue weighted by molar-refractivity contribution is 7.99. The maximum absolute atomic E-state index is 12.7. The molecule has 0 fully saturated rings. The molecule has 0 saturated heterocycles. The highest BCUT2D eigenvalue weighted by Gasteiger charge is 2.11. The summed E-state index contributed by atoms with van der Waals surface area (Å²) in [5.41, 5.74) is 2.09. The fraction of sp³-hybridized carbons (Fsp3) is 0.150. The van der Waals surface area contributed by atoms with Crippen molar-refractivity contribution in [1.82, 2.24) is 9.55 Å². The van der Waals surface area contributed by atoms with Crippen LogP contribution in [0.5, 0.6) is 5.75 Å². The van der Waals surface area contributed by atoms with Crippen LogP contribution in [0.1, 0.15) is 5.56 Å². The number of halogens is 1. The van der Waals surface area contributed by atoms with E-state index in [1.165, 1.54) is 17.9 Å². The lowest BCUT2D eigenvalue weighted by molar-refractivity contribution is -0.113. The molecule has 0 spiro atoms. The largest absolute Gasteiger partial charge is 0.495 e. The van der Waals surface area contributed by atoms with Gasteiger partial charge in [0.25, 0.3) is 5.56 Å². The van der Waals surface area contributed by atoms with Crippen LogP contribution >= 0.6 is 23.4 Å². The van der Waals surface area contributed by atoms with Gasteiger partial charge in [-0.1, -0.05) is 41.1 Å². The normalized spacial score (nSPS) is 10.5. The van der Waals surface area contributed by atoms with Crippen LogP contribution in [-0.2, 0) is 4.79 Å². The third kappa shape index (κ3) is 4.74. The van der Waals surface area contributed by atoms with Gasteiger partial charge in [0.2, 0.25) is 5.91 Å². The van der Waals surface area contributed by atoms with Crippen LogP contribution in [0.4, 0.5) is 5.69 Å². The van der Waals surface area contributed by atoms with E-state index in [1.807, 2.05) is 31.2 Å². The van der Waals surface area contributed by atoms with Crippen LogP contribution in [-0.4, -0.2) is 28.3 Å². The molecule has 1 N–H and O–H groups in total. The van der Waals surface area contributed by atoms with Crippen LogP contribution < -0.4 is 15.6 Å². The summed E-state index contributed by atoms with van der Waals surface area (Å²) in [6, 6.07) is 12.6. The number of nitrogens with one attached hydrogen (secondary N) is 1. The van der Waals surface area contributed by atoms with Gasteiger partial charge in [-0.25, -0.2) is 4.98 Å². The van der Waals surface area contributed by atoms with Crippen molar-refractivity contribution >= 4 is 35.0 Å². The van der Waals surface area contributed by atoms with Crippen LogP contribution in [0.2, 0.25) is 5.02 Å². The molecular weight excluding hydrogens is 398 g/mol. The minimum atomic E-state index is -0.322. The van der Waals surface area contributed by atoms with E-state index < -0.39 is 0 Å². The first-order valence-corrected chi connectivity index (χ1v) is 9.75. The number of carbonyl (C=O) groups is 1. The molecule has 0 radical (unpaired) electrons. The minimum Gasteiger partial charge on any atom is -0.495 e. The fourth-order valence-corrected chi connectivity index (χ4v) is 3.42. The Kier molecular flexibility index (Phi) is 6.38. The Morgan fingerprint density at radius 2 is 2.00 bits per heavy atom. The maximum Gasteiger partial charge on any atom is 0.287 e. The van der Waals surface area contributed by atoms with Gasteiger partial charge in [-0.05, 0) is 37.3 Å². The first-order chi connectivity index (χ1) is 13.5. The molecular formula is C20H18ClN3O3S. The second-order valence-corrected chi connectivity index (χ2v) is 7.30. The summed E-state index contributed by atoms with van der Waals surface area (Å²) in [6.45, 7) is 1.98. The Bertz CT molecular complexity index is 1050. The van der Waals surface area contributed by atoms with E-state index in [-0.39, 0.29) is 22.2 Å². The van der Waals surface area contributed by atoms with Crippen molar-refractivity contribution in [3.63, 3.8) is 0 Å². The number of benzene rings is 2. The van der Waals surface area contributed by atoms with E-state index in [2.05, 4.69) is 10.3 Å². The zero-order valence-corrected chi connectivity index (χ0v) is 16.9. The molecule has 144 valence electrons. The molecule has 1 aromatic heterocycles. The lowest BCUT2D eigenvalue weighted by atomic mass is 10.2. The predicted molar refractivity (Wildman–Crippen MR) is 112 cm³/mol. The van der Waals surface area contributed by atoms with Gasteiger partial charge in [0.05, 0.1) is 23.6 Å². The number of methoxy groups -OCH3 is 1. The highest BCUT2D eigenvalue weighted by atomic mass is 35.5. The molecule has 0 aliphatic carbocycles. The maximum atomic E-state index is 12.7. The molecule has 2 aromatic carbocycles. The molecule has 0 bridgehead atoms. The zero-order valence-electron chi connectivity index (χ0n) is 15.3. The Morgan fingerprint density at radius 1 is 1.25 bits per heavy atom. The van der Waals surface area contributed by atoms with Gasteiger partial charge in [-0.2, -0.15) is 0 Å². The summed E-state index contributed by atoms with van der Waals surface area (Å²) >= 11 is 7.23. The molecule has 0 saturated carbocycles. The summed E-state index contributed by atoms with van der Waals surface area (Å²) in [6.07, 6.45) is 3.07. The van der Waals surface area contributed by atoms with E-state index in [0.29, 0.717) is 22.1 Å². The lowest BCUT2D eigenvalue weighted by Gasteiger charge is -2.10. The third-order valence-corrected chi connectivity index (χ3v) is 5.15. The molecule has 0 unspecified atom stereocenters. The standard InChI is InChI=1S/C20H18ClN3O3S/c1-13-3-5-14(6-4-13)23-18(25)12-28-19-20(26)24(10-9-22-19)15-7-8-17(27-2)16(21)11-15/h3-11H,12H2,1-2H3,(H,23,25). The van der Waals surface area contributed by atoms with Crippen molar-refractivity contribution in [1.29, 1.82) is 0 Å². The second-order valence-electron chi connectivity index (χ2n) is 5.93. The number of rotatable bonds is 6. The third-order valence-electron chi connectivity index (χ3n) is 3.90. The van der Waals surface area contributed by atoms with Gasteiger partial charge in [-0.3, -0.25) is 14.2 Å². The number of thioether (sulfide) groups is 1. The molecule has 3 aromatic rings. The van der Waals surface area contributed by atoms with Crippen molar-refractivity contribution in [2.75, 3.05) is 18.2 Å². The van der Waals surface area contributed by atoms with Gasteiger partial charge in [-0.15, -0.1) is 0 Å². The molecule has 0 atom stereocenters. The number of carbonyl (C=O) groups excluding carboxylic acids is 1. The van der Waals surface area contributed by atoms with Crippen molar-refractivity contribution < 1.29 is 9.53 Å². The Morgan fingerprint density at radius 3 is 2.68 bits per heavy atom. The van der Waals surface area contributed by atoms with Crippen molar-refractivity contribution in [2.24, 2.45) is 0 Å². The minimum absolute atomic E-state index is 0.0729. The summed E-state index contributed by atoms with van der Waals surface area (Å²) in [5.74, 6) is 0.386. The van der Waals surface area contributed by atoms with Crippen molar-refractivity contribution in [3.8, 4) is 11.4 Å². The molecule has 1 amide bonds. The quantitative estimate of drug-likeness (QED) is 0.617. The van der Waals surface area contributed by atoms with E-state index >= 15 is 0 Å². The summed E-state index contributed by atoms with van der Waals surface area (Å²) in [5, 5.41) is 3.43. The van der Waals surface area contributed by atoms with Crippen molar-refractivity contribution in [3.05, 3.63) is 75.8 Å². The average molecular weight is 416 g/mol. The number of aryl methyl sites for hydroxylation is 1. The second kappa shape index (κ2) is 8.95. The molecule has 8 heteroatoms. The number of hydrogen-bond acceptors (Lipinski definition) is 5. The van der Waals surface area contributed by atoms with Gasteiger partial charge >= 0.3 is 0 Å². The number of amides is 1. The van der Waals surface area contributed by atoms with Gasteiger partial charge in [0.15, 0.2) is 5.03 Å². The Hall–Kier alpha value is -2.77. The zero-order chi connectivity index (χ0) is 20.1. The number of ether oxygens (including phenoxy) is 1. The van der Waals surface area contributed by atoms with Crippen molar-refractivity contribution in [2.45, 2.75) is 11.9 Å². The van der Waals surface area contributed by atoms with E-state index in [4.69, 9.17) is 16.3 Å². The molecule has 0 aliphatic heterocycles. The van der Waals surface area contributed by atoms with Gasteiger partial charge in [0.1, 0.15) is 5.75 Å². The molecule has 6 nitrogen and oxygen atoms in total. The Balaban J connectivity index is 1.72. The van der Waals surface area contributed by atoms with Gasteiger partial charge < -0.3 is 10.1 Å². The monoisotopic (exact) mass is 415 g/mol. The SMILES string of the molecule is COc1ccc(-n2ccnc(SCC(=O)Nc3ccc(C)cc3)c2=O)cc1Cl. The van der Waals surface area contributed by atoms with Crippen LogP contribution in [0.3, 0.4) is 0 Å². The molecule has 3 rings (SSSR count). The number of anilines is 1. The molecule has 1 heterocycles. The number of hydrogen-bond donors (Lipinski definition) is 1. The topological polar surface area (TPSA) is 73.2 Å².